The van der Waals surface area contributed by atoms with E-state index in [0.717, 1.165) is 38.8 Å². The van der Waals surface area contributed by atoms with Gasteiger partial charge < -0.3 is 15.6 Å². The van der Waals surface area contributed by atoms with Crippen LogP contribution in [0.2, 0.25) is 0 Å². The van der Waals surface area contributed by atoms with Crippen molar-refractivity contribution in [1.82, 2.24) is 20.3 Å². The number of fused-ring (bicyclic) bond motifs is 4. The number of aromatic nitrogens is 3. The molecule has 0 aliphatic rings. The molecular formula is C19H19N5S. The fourth-order valence-electron chi connectivity index (χ4n) is 2.83. The predicted octanol–water partition coefficient (Wildman–Crippen LogP) is 4.35. The third-order valence-corrected chi connectivity index (χ3v) is 4.05. The number of para-hydroxylation sites is 2. The van der Waals surface area contributed by atoms with Crippen LogP contribution >= 0.6 is 12.2 Å². The number of thiocarbonyl (C=S) groups is 1. The number of rotatable bonds is 1. The van der Waals surface area contributed by atoms with Crippen LogP contribution in [0, 0.1) is 0 Å². The highest BCUT2D eigenvalue weighted by molar-refractivity contribution is 7.80. The Labute approximate surface area is 150 Å². The molecule has 2 aromatic carbocycles. The molecule has 6 heteroatoms. The zero-order valence-electron chi connectivity index (χ0n) is 14.3. The largest absolute Gasteiger partial charge is 0.358 e. The molecule has 0 amide bonds. The first-order valence-corrected chi connectivity index (χ1v) is 8.57. The number of H-pyrrole nitrogens is 1. The molecule has 2 heterocycles. The van der Waals surface area contributed by atoms with Crippen LogP contribution in [0.4, 0.5) is 5.69 Å². The molecule has 0 radical (unpaired) electrons. The molecule has 0 aliphatic carbocycles. The van der Waals surface area contributed by atoms with Crippen LogP contribution in [-0.4, -0.2) is 25.6 Å². The zero-order valence-corrected chi connectivity index (χ0v) is 15.2. The lowest BCUT2D eigenvalue weighted by molar-refractivity contribution is 0.515. The first kappa shape index (κ1) is 15.8. The van der Waals surface area contributed by atoms with Crippen molar-refractivity contribution >= 4 is 56.1 Å². The third kappa shape index (κ3) is 3.13. The third-order valence-electron chi connectivity index (χ3n) is 3.84. The summed E-state index contributed by atoms with van der Waals surface area (Å²) < 4.78 is 0. The molecule has 0 unspecified atom stereocenters. The van der Waals surface area contributed by atoms with Crippen molar-refractivity contribution in [3.8, 4) is 0 Å². The highest BCUT2D eigenvalue weighted by Gasteiger charge is 2.13. The maximum Gasteiger partial charge on any atom is 0.171 e. The molecule has 0 spiro atoms. The molecule has 3 N–H and O–H groups in total. The Balaban J connectivity index is 1.77. The van der Waals surface area contributed by atoms with E-state index >= 15 is 0 Å². The molecule has 4 rings (SSSR count). The Bertz CT molecular complexity index is 1110. The van der Waals surface area contributed by atoms with Gasteiger partial charge in [-0.25, -0.2) is 9.97 Å². The van der Waals surface area contributed by atoms with E-state index in [1.807, 2.05) is 42.5 Å². The van der Waals surface area contributed by atoms with Gasteiger partial charge in [0.15, 0.2) is 10.8 Å². The van der Waals surface area contributed by atoms with Gasteiger partial charge in [0, 0.05) is 22.1 Å². The fraction of sp³-hybridized carbons (Fsp3) is 0.211. The van der Waals surface area contributed by atoms with Crippen molar-refractivity contribution in [2.24, 2.45) is 0 Å². The summed E-state index contributed by atoms with van der Waals surface area (Å²) in [4.78, 5) is 12.8. The Morgan fingerprint density at radius 2 is 1.76 bits per heavy atom. The van der Waals surface area contributed by atoms with E-state index in [4.69, 9.17) is 17.2 Å². The summed E-state index contributed by atoms with van der Waals surface area (Å²) in [7, 11) is 0. The summed E-state index contributed by atoms with van der Waals surface area (Å²) in [5, 5.41) is 8.12. The number of nitrogens with zero attached hydrogens (tertiary/aromatic N) is 2. The lowest BCUT2D eigenvalue weighted by Gasteiger charge is -2.23. The van der Waals surface area contributed by atoms with Crippen LogP contribution < -0.4 is 10.6 Å². The highest BCUT2D eigenvalue weighted by atomic mass is 32.1. The maximum absolute atomic E-state index is 5.39. The molecule has 0 saturated carbocycles. The van der Waals surface area contributed by atoms with Crippen LogP contribution in [0.1, 0.15) is 20.8 Å². The Morgan fingerprint density at radius 1 is 1.04 bits per heavy atom. The smallest absolute Gasteiger partial charge is 0.171 e. The normalized spacial score (nSPS) is 12.0. The quantitative estimate of drug-likeness (QED) is 0.446. The van der Waals surface area contributed by atoms with Crippen LogP contribution in [0.5, 0.6) is 0 Å². The Hall–Kier alpha value is -2.73. The van der Waals surface area contributed by atoms with E-state index in [-0.39, 0.29) is 5.54 Å². The van der Waals surface area contributed by atoms with E-state index in [2.05, 4.69) is 41.4 Å². The van der Waals surface area contributed by atoms with E-state index in [1.165, 1.54) is 0 Å². The van der Waals surface area contributed by atoms with Gasteiger partial charge in [0.05, 0.1) is 11.0 Å². The van der Waals surface area contributed by atoms with Crippen molar-refractivity contribution in [1.29, 1.82) is 0 Å². The minimum absolute atomic E-state index is 0.0840. The van der Waals surface area contributed by atoms with Gasteiger partial charge >= 0.3 is 0 Å². The summed E-state index contributed by atoms with van der Waals surface area (Å²) in [6.45, 7) is 6.22. The zero-order chi connectivity index (χ0) is 17.6. The molecule has 0 atom stereocenters. The Morgan fingerprint density at radius 3 is 2.48 bits per heavy atom. The summed E-state index contributed by atoms with van der Waals surface area (Å²) in [5.41, 5.74) is 5.28. The average Bonchev–Trinajstić information content (AvgIpc) is 2.88. The molecule has 0 saturated heterocycles. The lowest BCUT2D eigenvalue weighted by atomic mass is 10.1. The van der Waals surface area contributed by atoms with E-state index < -0.39 is 0 Å². The van der Waals surface area contributed by atoms with Crippen molar-refractivity contribution in [3.63, 3.8) is 0 Å². The molecule has 0 aliphatic heterocycles. The number of benzene rings is 2. The van der Waals surface area contributed by atoms with E-state index in [9.17, 15) is 0 Å². The Kier molecular flexibility index (Phi) is 3.58. The second-order valence-electron chi connectivity index (χ2n) is 7.12. The summed E-state index contributed by atoms with van der Waals surface area (Å²) in [6, 6.07) is 14.0. The molecule has 0 bridgehead atoms. The van der Waals surface area contributed by atoms with E-state index in [0.29, 0.717) is 5.11 Å². The van der Waals surface area contributed by atoms with Gasteiger partial charge in [0.25, 0.3) is 0 Å². The molecule has 126 valence electrons. The van der Waals surface area contributed by atoms with Crippen molar-refractivity contribution in [2.45, 2.75) is 26.3 Å². The summed E-state index contributed by atoms with van der Waals surface area (Å²) in [5.74, 6) is 0. The van der Waals surface area contributed by atoms with Crippen molar-refractivity contribution in [3.05, 3.63) is 42.5 Å². The van der Waals surface area contributed by atoms with Crippen LogP contribution in [-0.2, 0) is 0 Å². The van der Waals surface area contributed by atoms with Crippen LogP contribution in [0.15, 0.2) is 42.5 Å². The van der Waals surface area contributed by atoms with Gasteiger partial charge in [-0.1, -0.05) is 12.1 Å². The van der Waals surface area contributed by atoms with Gasteiger partial charge in [-0.05, 0) is 63.3 Å². The van der Waals surface area contributed by atoms with Gasteiger partial charge in [-0.15, -0.1) is 0 Å². The topological polar surface area (TPSA) is 65.6 Å². The number of nitrogens with one attached hydrogen (secondary N) is 3. The first-order chi connectivity index (χ1) is 11.9. The van der Waals surface area contributed by atoms with Crippen molar-refractivity contribution in [2.75, 3.05) is 5.32 Å². The van der Waals surface area contributed by atoms with Gasteiger partial charge in [0.1, 0.15) is 5.52 Å². The maximum atomic E-state index is 5.39. The van der Waals surface area contributed by atoms with Crippen molar-refractivity contribution < 1.29 is 0 Å². The second-order valence-corrected chi connectivity index (χ2v) is 7.53. The fourth-order valence-corrected chi connectivity index (χ4v) is 3.26. The predicted molar refractivity (Wildman–Crippen MR) is 108 cm³/mol. The average molecular weight is 349 g/mol. The SMILES string of the molecule is CC(C)(C)NC(=S)Nc1ccc2[nH]c3nc4ccccc4nc3c2c1. The molecule has 4 aromatic rings. The molecule has 2 aromatic heterocycles. The number of hydrogen-bond donors (Lipinski definition) is 3. The monoisotopic (exact) mass is 349 g/mol. The highest BCUT2D eigenvalue weighted by Crippen LogP contribution is 2.27. The minimum Gasteiger partial charge on any atom is -0.358 e. The number of aromatic amines is 1. The second kappa shape index (κ2) is 5.67. The summed E-state index contributed by atoms with van der Waals surface area (Å²) >= 11 is 5.39. The molecule has 25 heavy (non-hydrogen) atoms. The van der Waals surface area contributed by atoms with Gasteiger partial charge in [0.2, 0.25) is 0 Å². The van der Waals surface area contributed by atoms with E-state index in [1.54, 1.807) is 0 Å². The minimum atomic E-state index is -0.0840. The van der Waals surface area contributed by atoms with Crippen LogP contribution in [0.25, 0.3) is 33.1 Å². The first-order valence-electron chi connectivity index (χ1n) is 8.16. The lowest BCUT2D eigenvalue weighted by Crippen LogP contribution is -2.42. The summed E-state index contributed by atoms with van der Waals surface area (Å²) in [6.07, 6.45) is 0. The van der Waals surface area contributed by atoms with Crippen LogP contribution in [0.3, 0.4) is 0 Å². The van der Waals surface area contributed by atoms with Gasteiger partial charge in [-0.3, -0.25) is 0 Å². The molecule has 0 fully saturated rings. The standard InChI is InChI=1S/C19H19N5S/c1-19(2,3)24-18(25)20-11-8-9-13-12(10-11)16-17(22-13)23-15-7-5-4-6-14(15)21-16/h4-10H,1-3H3,(H,22,23)(H2,20,24,25). The molecule has 5 nitrogen and oxygen atoms in total. The number of anilines is 1. The number of hydrogen-bond acceptors (Lipinski definition) is 3. The molecular weight excluding hydrogens is 330 g/mol. The van der Waals surface area contributed by atoms with Gasteiger partial charge in [-0.2, -0.15) is 0 Å².